The maximum Gasteiger partial charge on any atom is 0.239 e. The van der Waals surface area contributed by atoms with Crippen molar-refractivity contribution in [3.8, 4) is 0 Å². The lowest BCUT2D eigenvalue weighted by Gasteiger charge is -2.21. The first kappa shape index (κ1) is 17.9. The molecule has 0 spiro atoms. The summed E-state index contributed by atoms with van der Waals surface area (Å²) >= 11 is 0. The third-order valence-corrected chi connectivity index (χ3v) is 2.86. The van der Waals surface area contributed by atoms with E-state index in [1.165, 1.54) is 6.92 Å². The minimum atomic E-state index is -0.0716. The molecule has 0 aliphatic carbocycles. The zero-order valence-corrected chi connectivity index (χ0v) is 13.0. The molecular formula is C14H29N3O2. The van der Waals surface area contributed by atoms with Gasteiger partial charge in [-0.3, -0.25) is 9.59 Å². The average Bonchev–Trinajstić information content (AvgIpc) is 2.29. The second kappa shape index (κ2) is 9.78. The summed E-state index contributed by atoms with van der Waals surface area (Å²) in [4.78, 5) is 26.9. The second-order valence-electron chi connectivity index (χ2n) is 5.63. The molecule has 2 amide bonds. The number of nitrogens with zero attached hydrogens (tertiary/aromatic N) is 2. The third kappa shape index (κ3) is 10.5. The van der Waals surface area contributed by atoms with Crippen molar-refractivity contribution in [2.75, 3.05) is 40.3 Å². The summed E-state index contributed by atoms with van der Waals surface area (Å²) in [6, 6.07) is 0. The highest BCUT2D eigenvalue weighted by Gasteiger charge is 2.13. The number of rotatable bonds is 9. The molecule has 0 radical (unpaired) electrons. The average molecular weight is 271 g/mol. The van der Waals surface area contributed by atoms with Crippen LogP contribution in [0.3, 0.4) is 0 Å². The molecule has 112 valence electrons. The molecule has 5 heteroatoms. The van der Waals surface area contributed by atoms with Crippen molar-refractivity contribution >= 4 is 11.8 Å². The summed E-state index contributed by atoms with van der Waals surface area (Å²) in [5, 5.41) is 2.85. The fraction of sp³-hybridized carbons (Fsp3) is 0.857. The Morgan fingerprint density at radius 3 is 2.26 bits per heavy atom. The smallest absolute Gasteiger partial charge is 0.239 e. The normalized spacial score (nSPS) is 10.9. The van der Waals surface area contributed by atoms with Gasteiger partial charge < -0.3 is 15.1 Å². The van der Waals surface area contributed by atoms with Gasteiger partial charge in [0, 0.05) is 20.0 Å². The van der Waals surface area contributed by atoms with E-state index in [-0.39, 0.29) is 18.4 Å². The highest BCUT2D eigenvalue weighted by molar-refractivity contribution is 5.83. The Hall–Kier alpha value is -1.10. The van der Waals surface area contributed by atoms with E-state index in [1.54, 1.807) is 4.90 Å². The lowest BCUT2D eigenvalue weighted by Crippen LogP contribution is -2.41. The van der Waals surface area contributed by atoms with E-state index >= 15 is 0 Å². The highest BCUT2D eigenvalue weighted by Crippen LogP contribution is 2.02. The van der Waals surface area contributed by atoms with Gasteiger partial charge in [-0.15, -0.1) is 0 Å². The van der Waals surface area contributed by atoms with Crippen LogP contribution in [0.2, 0.25) is 0 Å². The molecule has 0 saturated heterocycles. The molecule has 0 aliphatic heterocycles. The molecular weight excluding hydrogens is 242 g/mol. The van der Waals surface area contributed by atoms with Crippen molar-refractivity contribution in [3.05, 3.63) is 0 Å². The zero-order chi connectivity index (χ0) is 14.8. The molecule has 0 bridgehead atoms. The van der Waals surface area contributed by atoms with E-state index in [1.807, 2.05) is 14.1 Å². The van der Waals surface area contributed by atoms with Crippen LogP contribution in [0, 0.1) is 5.92 Å². The number of carbonyl (C=O) groups is 2. The predicted octanol–water partition coefficient (Wildman–Crippen LogP) is 0.949. The summed E-state index contributed by atoms with van der Waals surface area (Å²) in [5.74, 6) is 0.423. The van der Waals surface area contributed by atoms with Gasteiger partial charge in [0.15, 0.2) is 0 Å². The summed E-state index contributed by atoms with van der Waals surface area (Å²) in [7, 11) is 4.01. The van der Waals surface area contributed by atoms with Gasteiger partial charge >= 0.3 is 0 Å². The lowest BCUT2D eigenvalue weighted by molar-refractivity contribution is -0.134. The van der Waals surface area contributed by atoms with Gasteiger partial charge in [-0.05, 0) is 39.4 Å². The van der Waals surface area contributed by atoms with Crippen LogP contribution in [0.5, 0.6) is 0 Å². The predicted molar refractivity (Wildman–Crippen MR) is 77.9 cm³/mol. The van der Waals surface area contributed by atoms with Crippen molar-refractivity contribution in [2.45, 2.75) is 33.6 Å². The number of hydrogen-bond acceptors (Lipinski definition) is 3. The van der Waals surface area contributed by atoms with Crippen molar-refractivity contribution in [3.63, 3.8) is 0 Å². The third-order valence-electron chi connectivity index (χ3n) is 2.86. The standard InChI is InChI=1S/C14H29N3O2/c1-12(2)7-10-17(13(3)18)11-14(19)15-8-6-9-16(4)5/h12H,6-11H2,1-5H3,(H,15,19). The first-order chi connectivity index (χ1) is 8.82. The zero-order valence-electron chi connectivity index (χ0n) is 13.0. The van der Waals surface area contributed by atoms with Crippen LogP contribution in [0.1, 0.15) is 33.6 Å². The van der Waals surface area contributed by atoms with Gasteiger partial charge in [0.25, 0.3) is 0 Å². The van der Waals surface area contributed by atoms with Gasteiger partial charge in [-0.25, -0.2) is 0 Å². The van der Waals surface area contributed by atoms with Crippen molar-refractivity contribution in [1.82, 2.24) is 15.1 Å². The molecule has 0 fully saturated rings. The van der Waals surface area contributed by atoms with Gasteiger partial charge in [0.2, 0.25) is 11.8 Å². The molecule has 0 saturated carbocycles. The molecule has 5 nitrogen and oxygen atoms in total. The number of nitrogens with one attached hydrogen (secondary N) is 1. The molecule has 0 atom stereocenters. The first-order valence-corrected chi connectivity index (χ1v) is 7.00. The van der Waals surface area contributed by atoms with Crippen molar-refractivity contribution in [1.29, 1.82) is 0 Å². The van der Waals surface area contributed by atoms with Gasteiger partial charge in [0.05, 0.1) is 6.54 Å². The molecule has 0 heterocycles. The quantitative estimate of drug-likeness (QED) is 0.635. The van der Waals surface area contributed by atoms with Crippen LogP contribution in [0.4, 0.5) is 0 Å². The van der Waals surface area contributed by atoms with Crippen LogP contribution >= 0.6 is 0 Å². The topological polar surface area (TPSA) is 52.7 Å². The maximum absolute atomic E-state index is 11.7. The monoisotopic (exact) mass is 271 g/mol. The van der Waals surface area contributed by atoms with Crippen LogP contribution in [-0.2, 0) is 9.59 Å². The summed E-state index contributed by atoms with van der Waals surface area (Å²) < 4.78 is 0. The van der Waals surface area contributed by atoms with Gasteiger partial charge in [-0.2, -0.15) is 0 Å². The van der Waals surface area contributed by atoms with E-state index in [0.29, 0.717) is 19.0 Å². The number of hydrogen-bond donors (Lipinski definition) is 1. The number of amides is 2. The Labute approximate surface area is 117 Å². The molecule has 0 aromatic carbocycles. The maximum atomic E-state index is 11.7. The molecule has 0 unspecified atom stereocenters. The minimum Gasteiger partial charge on any atom is -0.355 e. The molecule has 0 aromatic rings. The minimum absolute atomic E-state index is 0.0379. The fourth-order valence-corrected chi connectivity index (χ4v) is 1.61. The molecule has 0 aliphatic rings. The summed E-state index contributed by atoms with van der Waals surface area (Å²) in [5.41, 5.74) is 0. The van der Waals surface area contributed by atoms with E-state index in [9.17, 15) is 9.59 Å². The largest absolute Gasteiger partial charge is 0.355 e. The Bertz CT molecular complexity index is 278. The van der Waals surface area contributed by atoms with Crippen LogP contribution in [-0.4, -0.2) is 61.9 Å². The number of carbonyl (C=O) groups excluding carboxylic acids is 2. The van der Waals surface area contributed by atoms with Crippen LogP contribution in [0.15, 0.2) is 0 Å². The van der Waals surface area contributed by atoms with Crippen LogP contribution in [0.25, 0.3) is 0 Å². The second-order valence-corrected chi connectivity index (χ2v) is 5.63. The lowest BCUT2D eigenvalue weighted by atomic mass is 10.1. The van der Waals surface area contributed by atoms with Crippen molar-refractivity contribution in [2.24, 2.45) is 5.92 Å². The molecule has 1 N–H and O–H groups in total. The van der Waals surface area contributed by atoms with Gasteiger partial charge in [-0.1, -0.05) is 13.8 Å². The van der Waals surface area contributed by atoms with E-state index in [0.717, 1.165) is 19.4 Å². The highest BCUT2D eigenvalue weighted by atomic mass is 16.2. The van der Waals surface area contributed by atoms with E-state index < -0.39 is 0 Å². The Morgan fingerprint density at radius 1 is 1.16 bits per heavy atom. The Balaban J connectivity index is 3.93. The van der Waals surface area contributed by atoms with Gasteiger partial charge in [0.1, 0.15) is 0 Å². The molecule has 0 rings (SSSR count). The summed E-state index contributed by atoms with van der Waals surface area (Å²) in [6.07, 6.45) is 1.85. The summed E-state index contributed by atoms with van der Waals surface area (Å²) in [6.45, 7) is 8.16. The SMILES string of the molecule is CC(=O)N(CCC(C)C)CC(=O)NCCCN(C)C. The molecule has 0 aromatic heterocycles. The Kier molecular flexibility index (Phi) is 9.21. The van der Waals surface area contributed by atoms with Crippen molar-refractivity contribution < 1.29 is 9.59 Å². The first-order valence-electron chi connectivity index (χ1n) is 7.00. The van der Waals surface area contributed by atoms with Crippen LogP contribution < -0.4 is 5.32 Å². The van der Waals surface area contributed by atoms with E-state index in [2.05, 4.69) is 24.1 Å². The Morgan fingerprint density at radius 2 is 1.79 bits per heavy atom. The fourth-order valence-electron chi connectivity index (χ4n) is 1.61. The van der Waals surface area contributed by atoms with E-state index in [4.69, 9.17) is 0 Å². The molecule has 19 heavy (non-hydrogen) atoms.